The van der Waals surface area contributed by atoms with Crippen LogP contribution in [-0.4, -0.2) is 7.11 Å². The van der Waals surface area contributed by atoms with Crippen LogP contribution in [0.5, 0.6) is 11.5 Å². The number of rotatable bonds is 4. The van der Waals surface area contributed by atoms with E-state index < -0.39 is 0 Å². The Hall–Kier alpha value is -1.87. The molecule has 0 aliphatic rings. The fourth-order valence-corrected chi connectivity index (χ4v) is 1.81. The number of hydrogen-bond acceptors (Lipinski definition) is 3. The minimum Gasteiger partial charge on any atom is -0.496 e. The Kier molecular flexibility index (Phi) is 3.95. The number of methoxy groups -OCH3 is 1. The zero-order chi connectivity index (χ0) is 13.0. The van der Waals surface area contributed by atoms with Gasteiger partial charge in [-0.3, -0.25) is 0 Å². The molecule has 0 radical (unpaired) electrons. The highest BCUT2D eigenvalue weighted by Gasteiger charge is 2.04. The Labute approximate surface area is 111 Å². The highest BCUT2D eigenvalue weighted by Crippen LogP contribution is 2.24. The molecule has 2 rings (SSSR count). The third-order valence-electron chi connectivity index (χ3n) is 2.49. The molecule has 0 amide bonds. The van der Waals surface area contributed by atoms with E-state index in [-0.39, 0.29) is 0 Å². The summed E-state index contributed by atoms with van der Waals surface area (Å²) in [7, 11) is 1.62. The van der Waals surface area contributed by atoms with E-state index in [2.05, 4.69) is 0 Å². The lowest BCUT2D eigenvalue weighted by Crippen LogP contribution is -2.00. The molecule has 0 aromatic heterocycles. The summed E-state index contributed by atoms with van der Waals surface area (Å²) in [4.78, 5) is 0. The summed E-state index contributed by atoms with van der Waals surface area (Å²) >= 11 is 5.89. The number of hydrogen-bond donors (Lipinski definition) is 1. The summed E-state index contributed by atoms with van der Waals surface area (Å²) in [5.41, 5.74) is 7.32. The van der Waals surface area contributed by atoms with E-state index in [0.717, 1.165) is 11.3 Å². The SMILES string of the molecule is COc1ccc(N)cc1COc1cccc(Cl)c1. The van der Waals surface area contributed by atoms with Gasteiger partial charge in [0.2, 0.25) is 0 Å². The van der Waals surface area contributed by atoms with Crippen LogP contribution in [0.25, 0.3) is 0 Å². The van der Waals surface area contributed by atoms with Crippen molar-refractivity contribution in [1.29, 1.82) is 0 Å². The maximum Gasteiger partial charge on any atom is 0.125 e. The lowest BCUT2D eigenvalue weighted by molar-refractivity contribution is 0.297. The monoisotopic (exact) mass is 263 g/mol. The average Bonchev–Trinajstić information content (AvgIpc) is 2.37. The molecule has 0 fully saturated rings. The number of ether oxygens (including phenoxy) is 2. The lowest BCUT2D eigenvalue weighted by atomic mass is 10.2. The van der Waals surface area contributed by atoms with Crippen LogP contribution in [0.2, 0.25) is 5.02 Å². The molecule has 0 saturated carbocycles. The van der Waals surface area contributed by atoms with E-state index in [1.807, 2.05) is 24.3 Å². The highest BCUT2D eigenvalue weighted by atomic mass is 35.5. The van der Waals surface area contributed by atoms with Gasteiger partial charge in [-0.2, -0.15) is 0 Å². The molecule has 0 aliphatic heterocycles. The second-order valence-corrected chi connectivity index (χ2v) is 4.25. The number of halogens is 1. The van der Waals surface area contributed by atoms with Gasteiger partial charge < -0.3 is 15.2 Å². The van der Waals surface area contributed by atoms with Crippen molar-refractivity contribution in [2.75, 3.05) is 12.8 Å². The summed E-state index contributed by atoms with van der Waals surface area (Å²) in [5.74, 6) is 1.47. The standard InChI is InChI=1S/C14H14ClNO2/c1-17-14-6-5-12(16)7-10(14)9-18-13-4-2-3-11(15)8-13/h2-8H,9,16H2,1H3. The first-order chi connectivity index (χ1) is 8.69. The molecule has 0 spiro atoms. The molecular weight excluding hydrogens is 250 g/mol. The van der Waals surface area contributed by atoms with Gasteiger partial charge in [0.15, 0.2) is 0 Å². The van der Waals surface area contributed by atoms with Crippen LogP contribution >= 0.6 is 11.6 Å². The van der Waals surface area contributed by atoms with Crippen LogP contribution in [0, 0.1) is 0 Å². The van der Waals surface area contributed by atoms with Gasteiger partial charge in [-0.15, -0.1) is 0 Å². The van der Waals surface area contributed by atoms with E-state index in [4.69, 9.17) is 26.8 Å². The van der Waals surface area contributed by atoms with Crippen LogP contribution in [-0.2, 0) is 6.61 Å². The summed E-state index contributed by atoms with van der Waals surface area (Å²) in [6.45, 7) is 0.383. The van der Waals surface area contributed by atoms with Crippen molar-refractivity contribution in [2.24, 2.45) is 0 Å². The Morgan fingerprint density at radius 3 is 2.72 bits per heavy atom. The summed E-state index contributed by atoms with van der Waals surface area (Å²) in [6, 6.07) is 12.7. The maximum absolute atomic E-state index is 5.89. The molecule has 2 aromatic carbocycles. The number of nitrogen functional groups attached to an aromatic ring is 1. The molecular formula is C14H14ClNO2. The number of anilines is 1. The lowest BCUT2D eigenvalue weighted by Gasteiger charge is -2.11. The second kappa shape index (κ2) is 5.65. The van der Waals surface area contributed by atoms with Crippen molar-refractivity contribution in [3.8, 4) is 11.5 Å². The van der Waals surface area contributed by atoms with E-state index >= 15 is 0 Å². The van der Waals surface area contributed by atoms with Gasteiger partial charge in [0.1, 0.15) is 18.1 Å². The fourth-order valence-electron chi connectivity index (χ4n) is 1.63. The van der Waals surface area contributed by atoms with E-state index in [1.165, 1.54) is 0 Å². The van der Waals surface area contributed by atoms with Crippen LogP contribution < -0.4 is 15.2 Å². The molecule has 18 heavy (non-hydrogen) atoms. The van der Waals surface area contributed by atoms with Gasteiger partial charge in [-0.1, -0.05) is 17.7 Å². The first kappa shape index (κ1) is 12.6. The van der Waals surface area contributed by atoms with Crippen molar-refractivity contribution < 1.29 is 9.47 Å². The minimum absolute atomic E-state index is 0.383. The first-order valence-corrected chi connectivity index (χ1v) is 5.87. The molecule has 94 valence electrons. The molecule has 0 unspecified atom stereocenters. The molecule has 0 heterocycles. The van der Waals surface area contributed by atoms with Crippen molar-refractivity contribution >= 4 is 17.3 Å². The Morgan fingerprint density at radius 2 is 2.00 bits per heavy atom. The predicted octanol–water partition coefficient (Wildman–Crippen LogP) is 3.51. The Morgan fingerprint density at radius 1 is 1.17 bits per heavy atom. The first-order valence-electron chi connectivity index (χ1n) is 5.50. The van der Waals surface area contributed by atoms with Gasteiger partial charge in [-0.25, -0.2) is 0 Å². The third kappa shape index (κ3) is 3.08. The van der Waals surface area contributed by atoms with Gasteiger partial charge in [0.25, 0.3) is 0 Å². The zero-order valence-corrected chi connectivity index (χ0v) is 10.8. The molecule has 0 saturated heterocycles. The second-order valence-electron chi connectivity index (χ2n) is 3.82. The predicted molar refractivity (Wildman–Crippen MR) is 73.2 cm³/mol. The van der Waals surface area contributed by atoms with E-state index in [9.17, 15) is 0 Å². The highest BCUT2D eigenvalue weighted by molar-refractivity contribution is 6.30. The van der Waals surface area contributed by atoms with E-state index in [0.29, 0.717) is 23.1 Å². The smallest absolute Gasteiger partial charge is 0.125 e. The molecule has 3 nitrogen and oxygen atoms in total. The summed E-state index contributed by atoms with van der Waals surface area (Å²) in [5, 5.41) is 0.645. The van der Waals surface area contributed by atoms with Gasteiger partial charge in [-0.05, 0) is 36.4 Å². The van der Waals surface area contributed by atoms with Gasteiger partial charge >= 0.3 is 0 Å². The minimum atomic E-state index is 0.383. The van der Waals surface area contributed by atoms with Crippen LogP contribution in [0.3, 0.4) is 0 Å². The molecule has 0 atom stereocenters. The summed E-state index contributed by atoms with van der Waals surface area (Å²) in [6.07, 6.45) is 0. The topological polar surface area (TPSA) is 44.5 Å². The molecule has 2 N–H and O–H groups in total. The third-order valence-corrected chi connectivity index (χ3v) is 2.73. The van der Waals surface area contributed by atoms with Crippen LogP contribution in [0.1, 0.15) is 5.56 Å². The van der Waals surface area contributed by atoms with Crippen molar-refractivity contribution in [1.82, 2.24) is 0 Å². The molecule has 4 heteroatoms. The van der Waals surface area contributed by atoms with Gasteiger partial charge in [0, 0.05) is 16.3 Å². The number of benzene rings is 2. The largest absolute Gasteiger partial charge is 0.496 e. The van der Waals surface area contributed by atoms with E-state index in [1.54, 1.807) is 25.3 Å². The maximum atomic E-state index is 5.89. The molecule has 0 bridgehead atoms. The quantitative estimate of drug-likeness (QED) is 0.859. The van der Waals surface area contributed by atoms with Crippen LogP contribution in [0.15, 0.2) is 42.5 Å². The fraction of sp³-hybridized carbons (Fsp3) is 0.143. The zero-order valence-electron chi connectivity index (χ0n) is 10.0. The normalized spacial score (nSPS) is 10.1. The number of nitrogens with two attached hydrogens (primary N) is 1. The van der Waals surface area contributed by atoms with Gasteiger partial charge in [0.05, 0.1) is 7.11 Å². The van der Waals surface area contributed by atoms with Crippen molar-refractivity contribution in [2.45, 2.75) is 6.61 Å². The Bertz CT molecular complexity index is 543. The Balaban J connectivity index is 2.12. The van der Waals surface area contributed by atoms with Crippen molar-refractivity contribution in [3.05, 3.63) is 53.1 Å². The van der Waals surface area contributed by atoms with Crippen molar-refractivity contribution in [3.63, 3.8) is 0 Å². The molecule has 0 aliphatic carbocycles. The average molecular weight is 264 g/mol. The molecule has 2 aromatic rings. The summed E-state index contributed by atoms with van der Waals surface area (Å²) < 4.78 is 10.9. The van der Waals surface area contributed by atoms with Crippen LogP contribution in [0.4, 0.5) is 5.69 Å².